The van der Waals surface area contributed by atoms with Gasteiger partial charge < -0.3 is 5.32 Å². The molecule has 0 aromatic carbocycles. The Morgan fingerprint density at radius 3 is 3.00 bits per heavy atom. The normalized spacial score (nSPS) is 23.6. The molecular weight excluding hydrogens is 234 g/mol. The smallest absolute Gasteiger partial charge is 0.0672 e. The molecule has 1 heterocycles. The van der Waals surface area contributed by atoms with Crippen molar-refractivity contribution in [3.05, 3.63) is 29.6 Å². The minimum Gasteiger partial charge on any atom is -0.307 e. The summed E-state index contributed by atoms with van der Waals surface area (Å²) in [6.45, 7) is 2.94. The highest BCUT2D eigenvalue weighted by molar-refractivity contribution is 5.19. The summed E-state index contributed by atoms with van der Waals surface area (Å²) in [6.07, 6.45) is 8.71. The van der Waals surface area contributed by atoms with Crippen LogP contribution in [0.3, 0.4) is 0 Å². The van der Waals surface area contributed by atoms with E-state index in [0.717, 1.165) is 31.5 Å². The van der Waals surface area contributed by atoms with Crippen molar-refractivity contribution in [2.24, 2.45) is 5.92 Å². The number of aryl methyl sites for hydroxylation is 1. The third kappa shape index (κ3) is 3.78. The molecule has 1 saturated carbocycles. The minimum absolute atomic E-state index is 0.163. The number of hydrogen-bond acceptors (Lipinski definition) is 3. The van der Waals surface area contributed by atoms with Gasteiger partial charge in [0.15, 0.2) is 0 Å². The monoisotopic (exact) mass is 257 g/mol. The fraction of sp³-hybridized carbons (Fsp3) is 0.625. The molecule has 19 heavy (non-hydrogen) atoms. The SMILES string of the molecule is CCc1cccnc1CNC1CCCCCC1C#N. The molecular formula is C16H23N3. The maximum absolute atomic E-state index is 9.28. The molecule has 1 aliphatic rings. The average Bonchev–Trinajstić information content (AvgIpc) is 2.70. The summed E-state index contributed by atoms with van der Waals surface area (Å²) in [5.41, 5.74) is 2.43. The van der Waals surface area contributed by atoms with Crippen LogP contribution in [-0.2, 0) is 13.0 Å². The van der Waals surface area contributed by atoms with E-state index in [2.05, 4.69) is 29.4 Å². The quantitative estimate of drug-likeness (QED) is 0.843. The lowest BCUT2D eigenvalue weighted by atomic mass is 9.96. The van der Waals surface area contributed by atoms with Gasteiger partial charge in [0.2, 0.25) is 0 Å². The second-order valence-electron chi connectivity index (χ2n) is 5.32. The zero-order valence-corrected chi connectivity index (χ0v) is 11.7. The number of hydrogen-bond donors (Lipinski definition) is 1. The van der Waals surface area contributed by atoms with Gasteiger partial charge in [-0.3, -0.25) is 4.98 Å². The first-order chi connectivity index (χ1) is 9.35. The van der Waals surface area contributed by atoms with Crippen LogP contribution in [-0.4, -0.2) is 11.0 Å². The Labute approximate surface area is 116 Å². The maximum atomic E-state index is 9.28. The van der Waals surface area contributed by atoms with Crippen molar-refractivity contribution < 1.29 is 0 Å². The summed E-state index contributed by atoms with van der Waals surface area (Å²) in [5, 5.41) is 12.8. The number of nitriles is 1. The van der Waals surface area contributed by atoms with Gasteiger partial charge in [-0.1, -0.05) is 32.3 Å². The van der Waals surface area contributed by atoms with Crippen LogP contribution in [0.1, 0.15) is 50.3 Å². The summed E-state index contributed by atoms with van der Waals surface area (Å²) < 4.78 is 0. The largest absolute Gasteiger partial charge is 0.307 e. The highest BCUT2D eigenvalue weighted by atomic mass is 14.9. The molecule has 0 bridgehead atoms. The number of pyridine rings is 1. The van der Waals surface area contributed by atoms with Crippen molar-refractivity contribution in [2.45, 2.75) is 58.0 Å². The first-order valence-corrected chi connectivity index (χ1v) is 7.41. The second kappa shape index (κ2) is 7.25. The van der Waals surface area contributed by atoms with Gasteiger partial charge in [0.25, 0.3) is 0 Å². The van der Waals surface area contributed by atoms with Gasteiger partial charge >= 0.3 is 0 Å². The zero-order chi connectivity index (χ0) is 13.5. The molecule has 2 rings (SSSR count). The molecule has 1 aromatic heterocycles. The van der Waals surface area contributed by atoms with Crippen LogP contribution in [0.15, 0.2) is 18.3 Å². The number of rotatable bonds is 4. The van der Waals surface area contributed by atoms with Crippen molar-refractivity contribution in [1.82, 2.24) is 10.3 Å². The molecule has 1 aromatic rings. The van der Waals surface area contributed by atoms with E-state index in [1.807, 2.05) is 12.3 Å². The van der Waals surface area contributed by atoms with E-state index < -0.39 is 0 Å². The Hall–Kier alpha value is -1.40. The maximum Gasteiger partial charge on any atom is 0.0672 e. The van der Waals surface area contributed by atoms with Crippen molar-refractivity contribution in [1.29, 1.82) is 5.26 Å². The Balaban J connectivity index is 1.98. The fourth-order valence-corrected chi connectivity index (χ4v) is 2.89. The third-order valence-electron chi connectivity index (χ3n) is 4.08. The predicted octanol–water partition coefficient (Wildman–Crippen LogP) is 3.21. The van der Waals surface area contributed by atoms with Crippen LogP contribution >= 0.6 is 0 Å². The molecule has 1 fully saturated rings. The summed E-state index contributed by atoms with van der Waals surface area (Å²) >= 11 is 0. The highest BCUT2D eigenvalue weighted by Crippen LogP contribution is 2.23. The van der Waals surface area contributed by atoms with E-state index in [0.29, 0.717) is 6.04 Å². The first-order valence-electron chi connectivity index (χ1n) is 7.41. The molecule has 0 amide bonds. The van der Waals surface area contributed by atoms with E-state index in [1.54, 1.807) is 0 Å². The summed E-state index contributed by atoms with van der Waals surface area (Å²) in [7, 11) is 0. The number of aromatic nitrogens is 1. The molecule has 1 aliphatic carbocycles. The van der Waals surface area contributed by atoms with E-state index >= 15 is 0 Å². The van der Waals surface area contributed by atoms with Crippen molar-refractivity contribution >= 4 is 0 Å². The van der Waals surface area contributed by atoms with Crippen LogP contribution in [0.2, 0.25) is 0 Å². The first kappa shape index (κ1) is 14.0. The van der Waals surface area contributed by atoms with Gasteiger partial charge in [-0.25, -0.2) is 0 Å². The van der Waals surface area contributed by atoms with Crippen molar-refractivity contribution in [3.8, 4) is 6.07 Å². The van der Waals surface area contributed by atoms with E-state index in [-0.39, 0.29) is 5.92 Å². The van der Waals surface area contributed by atoms with Gasteiger partial charge in [0.05, 0.1) is 17.7 Å². The van der Waals surface area contributed by atoms with Gasteiger partial charge in [-0.2, -0.15) is 5.26 Å². The Kier molecular flexibility index (Phi) is 5.35. The Bertz CT molecular complexity index is 436. The Morgan fingerprint density at radius 2 is 2.21 bits per heavy atom. The predicted molar refractivity (Wildman–Crippen MR) is 76.4 cm³/mol. The molecule has 0 aliphatic heterocycles. The fourth-order valence-electron chi connectivity index (χ4n) is 2.89. The van der Waals surface area contributed by atoms with Crippen LogP contribution < -0.4 is 5.32 Å². The molecule has 102 valence electrons. The molecule has 3 heteroatoms. The minimum atomic E-state index is 0.163. The van der Waals surface area contributed by atoms with E-state index in [1.165, 1.54) is 24.8 Å². The molecule has 3 nitrogen and oxygen atoms in total. The topological polar surface area (TPSA) is 48.7 Å². The lowest BCUT2D eigenvalue weighted by molar-refractivity contribution is 0.391. The third-order valence-corrected chi connectivity index (χ3v) is 4.08. The molecule has 0 radical (unpaired) electrons. The van der Waals surface area contributed by atoms with Crippen LogP contribution in [0.4, 0.5) is 0 Å². The molecule has 1 N–H and O–H groups in total. The van der Waals surface area contributed by atoms with Gasteiger partial charge in [-0.05, 0) is 30.9 Å². The van der Waals surface area contributed by atoms with Crippen molar-refractivity contribution in [2.75, 3.05) is 0 Å². The average molecular weight is 257 g/mol. The van der Waals surface area contributed by atoms with Crippen LogP contribution in [0.25, 0.3) is 0 Å². The molecule has 0 spiro atoms. The number of nitrogens with one attached hydrogen (secondary N) is 1. The van der Waals surface area contributed by atoms with E-state index in [9.17, 15) is 5.26 Å². The van der Waals surface area contributed by atoms with Crippen LogP contribution in [0, 0.1) is 17.2 Å². The zero-order valence-electron chi connectivity index (χ0n) is 11.7. The summed E-state index contributed by atoms with van der Waals surface area (Å²) in [4.78, 5) is 4.46. The standard InChI is InChI=1S/C16H23N3/c1-2-13-8-6-10-18-16(13)12-19-15-9-5-3-4-7-14(15)11-17/h6,8,10,14-15,19H,2-5,7,9,12H2,1H3. The summed E-state index contributed by atoms with van der Waals surface area (Å²) in [5.74, 6) is 0.163. The molecule has 2 atom stereocenters. The molecule has 0 saturated heterocycles. The number of nitrogens with zero attached hydrogens (tertiary/aromatic N) is 2. The van der Waals surface area contributed by atoms with Gasteiger partial charge in [0, 0.05) is 18.8 Å². The van der Waals surface area contributed by atoms with E-state index in [4.69, 9.17) is 0 Å². The summed E-state index contributed by atoms with van der Waals surface area (Å²) in [6, 6.07) is 6.94. The lowest BCUT2D eigenvalue weighted by Crippen LogP contribution is -2.35. The second-order valence-corrected chi connectivity index (χ2v) is 5.32. The van der Waals surface area contributed by atoms with Crippen molar-refractivity contribution in [3.63, 3.8) is 0 Å². The highest BCUT2D eigenvalue weighted by Gasteiger charge is 2.23. The van der Waals surface area contributed by atoms with Gasteiger partial charge in [0.1, 0.15) is 0 Å². The molecule has 2 unspecified atom stereocenters. The van der Waals surface area contributed by atoms with Crippen LogP contribution in [0.5, 0.6) is 0 Å². The van der Waals surface area contributed by atoms with Gasteiger partial charge in [-0.15, -0.1) is 0 Å². The Morgan fingerprint density at radius 1 is 1.37 bits per heavy atom. The lowest BCUT2D eigenvalue weighted by Gasteiger charge is -2.21.